The molecule has 0 bridgehead atoms. The maximum absolute atomic E-state index is 11.9. The second-order valence-electron chi connectivity index (χ2n) is 4.65. The Bertz CT molecular complexity index is 246. The lowest BCUT2D eigenvalue weighted by Gasteiger charge is -2.25. The van der Waals surface area contributed by atoms with Gasteiger partial charge in [0.1, 0.15) is 0 Å². The molecule has 0 aromatic rings. The van der Waals surface area contributed by atoms with Gasteiger partial charge in [0.2, 0.25) is 11.8 Å². The van der Waals surface area contributed by atoms with Crippen LogP contribution in [0.2, 0.25) is 0 Å². The molecule has 0 heterocycles. The minimum Gasteiger partial charge on any atom is -0.358 e. The van der Waals surface area contributed by atoms with Gasteiger partial charge in [-0.25, -0.2) is 0 Å². The van der Waals surface area contributed by atoms with E-state index >= 15 is 0 Å². The fourth-order valence-electron chi connectivity index (χ4n) is 1.32. The first-order chi connectivity index (χ1) is 7.30. The van der Waals surface area contributed by atoms with Crippen LogP contribution in [0.25, 0.3) is 0 Å². The molecule has 3 N–H and O–H groups in total. The van der Waals surface area contributed by atoms with Crippen LogP contribution in [-0.4, -0.2) is 42.4 Å². The Labute approximate surface area is 97.4 Å². The Morgan fingerprint density at radius 2 is 1.94 bits per heavy atom. The second kappa shape index (κ2) is 6.48. The van der Waals surface area contributed by atoms with Crippen molar-refractivity contribution in [1.29, 1.82) is 0 Å². The Morgan fingerprint density at radius 1 is 1.38 bits per heavy atom. The van der Waals surface area contributed by atoms with Crippen LogP contribution < -0.4 is 11.1 Å². The molecule has 0 aliphatic rings. The van der Waals surface area contributed by atoms with E-state index in [0.29, 0.717) is 6.54 Å². The zero-order chi connectivity index (χ0) is 12.8. The van der Waals surface area contributed by atoms with E-state index in [4.69, 9.17) is 5.73 Å². The number of likely N-dealkylation sites (N-methyl/N-ethyl adjacent to an activating group) is 1. The van der Waals surface area contributed by atoms with Gasteiger partial charge < -0.3 is 16.0 Å². The van der Waals surface area contributed by atoms with Crippen molar-refractivity contribution in [2.75, 3.05) is 20.1 Å². The molecule has 0 atom stereocenters. The third-order valence-electron chi connectivity index (χ3n) is 2.07. The number of carbonyl (C=O) groups is 2. The highest BCUT2D eigenvalue weighted by Crippen LogP contribution is 2.07. The number of amides is 2. The quantitative estimate of drug-likeness (QED) is 0.678. The summed E-state index contributed by atoms with van der Waals surface area (Å²) in [7, 11) is 1.56. The number of carbonyl (C=O) groups excluding carboxylic acids is 2. The highest BCUT2D eigenvalue weighted by atomic mass is 16.2. The Kier molecular flexibility index (Phi) is 6.03. The van der Waals surface area contributed by atoms with Gasteiger partial charge in [-0.15, -0.1) is 0 Å². The van der Waals surface area contributed by atoms with Crippen LogP contribution >= 0.6 is 0 Å². The topological polar surface area (TPSA) is 75.4 Å². The Hall–Kier alpha value is -1.10. The molecule has 0 saturated heterocycles. The molecular weight excluding hydrogens is 206 g/mol. The standard InChI is InChI=1S/C11H23N3O2/c1-5-6-14(8-9(15)13-4)10(16)7-11(2,3)12/h5-8,12H2,1-4H3,(H,13,15). The van der Waals surface area contributed by atoms with Crippen molar-refractivity contribution in [2.24, 2.45) is 5.73 Å². The minimum absolute atomic E-state index is 0.0713. The smallest absolute Gasteiger partial charge is 0.239 e. The molecular formula is C11H23N3O2. The van der Waals surface area contributed by atoms with Gasteiger partial charge in [0.25, 0.3) is 0 Å². The van der Waals surface area contributed by atoms with Gasteiger partial charge in [-0.05, 0) is 20.3 Å². The average molecular weight is 229 g/mol. The summed E-state index contributed by atoms with van der Waals surface area (Å²) in [5.74, 6) is -0.227. The number of hydrogen-bond donors (Lipinski definition) is 2. The summed E-state index contributed by atoms with van der Waals surface area (Å²) in [6, 6.07) is 0. The first-order valence-corrected chi connectivity index (χ1v) is 5.57. The van der Waals surface area contributed by atoms with E-state index in [1.165, 1.54) is 0 Å². The fourth-order valence-corrected chi connectivity index (χ4v) is 1.32. The lowest BCUT2D eigenvalue weighted by atomic mass is 10.0. The van der Waals surface area contributed by atoms with Gasteiger partial charge in [0.05, 0.1) is 6.54 Å². The maximum atomic E-state index is 11.9. The minimum atomic E-state index is -0.536. The van der Waals surface area contributed by atoms with Crippen LogP contribution in [0.3, 0.4) is 0 Å². The molecule has 0 rings (SSSR count). The molecule has 0 fully saturated rings. The predicted molar refractivity (Wildman–Crippen MR) is 63.8 cm³/mol. The number of nitrogens with zero attached hydrogens (tertiary/aromatic N) is 1. The van der Waals surface area contributed by atoms with E-state index in [1.54, 1.807) is 25.8 Å². The van der Waals surface area contributed by atoms with Gasteiger partial charge in [-0.3, -0.25) is 9.59 Å². The molecule has 5 heteroatoms. The van der Waals surface area contributed by atoms with Crippen molar-refractivity contribution in [3.05, 3.63) is 0 Å². The molecule has 0 saturated carbocycles. The SMILES string of the molecule is CCCN(CC(=O)NC)C(=O)CC(C)(C)N. The van der Waals surface area contributed by atoms with Crippen LogP contribution in [0.4, 0.5) is 0 Å². The summed E-state index contributed by atoms with van der Waals surface area (Å²) in [6.07, 6.45) is 1.08. The van der Waals surface area contributed by atoms with Crippen molar-refractivity contribution in [3.8, 4) is 0 Å². The third-order valence-corrected chi connectivity index (χ3v) is 2.07. The molecule has 0 unspecified atom stereocenters. The number of hydrogen-bond acceptors (Lipinski definition) is 3. The van der Waals surface area contributed by atoms with Crippen LogP contribution in [0.5, 0.6) is 0 Å². The molecule has 0 aromatic heterocycles. The van der Waals surface area contributed by atoms with Gasteiger partial charge in [-0.1, -0.05) is 6.92 Å². The number of nitrogens with two attached hydrogens (primary N) is 1. The van der Waals surface area contributed by atoms with Crippen molar-refractivity contribution in [3.63, 3.8) is 0 Å². The zero-order valence-electron chi connectivity index (χ0n) is 10.7. The molecule has 5 nitrogen and oxygen atoms in total. The maximum Gasteiger partial charge on any atom is 0.239 e. The lowest BCUT2D eigenvalue weighted by molar-refractivity contribution is -0.136. The first kappa shape index (κ1) is 14.9. The molecule has 0 radical (unpaired) electrons. The van der Waals surface area contributed by atoms with E-state index in [1.807, 2.05) is 6.92 Å². The van der Waals surface area contributed by atoms with E-state index in [9.17, 15) is 9.59 Å². The second-order valence-corrected chi connectivity index (χ2v) is 4.65. The number of nitrogens with one attached hydrogen (secondary N) is 1. The molecule has 94 valence electrons. The van der Waals surface area contributed by atoms with Gasteiger partial charge in [0.15, 0.2) is 0 Å². The van der Waals surface area contributed by atoms with E-state index in [0.717, 1.165) is 6.42 Å². The van der Waals surface area contributed by atoms with Crippen molar-refractivity contribution < 1.29 is 9.59 Å². The van der Waals surface area contributed by atoms with Gasteiger partial charge in [0, 0.05) is 25.6 Å². The van der Waals surface area contributed by atoms with Gasteiger partial charge in [-0.2, -0.15) is 0 Å². The summed E-state index contributed by atoms with van der Waals surface area (Å²) in [6.45, 7) is 6.27. The molecule has 16 heavy (non-hydrogen) atoms. The molecule has 0 aromatic carbocycles. The monoisotopic (exact) mass is 229 g/mol. The third kappa shape index (κ3) is 6.40. The summed E-state index contributed by atoms with van der Waals surface area (Å²) in [4.78, 5) is 24.6. The largest absolute Gasteiger partial charge is 0.358 e. The van der Waals surface area contributed by atoms with Crippen molar-refractivity contribution in [1.82, 2.24) is 10.2 Å². The lowest BCUT2D eigenvalue weighted by Crippen LogP contribution is -2.45. The van der Waals surface area contributed by atoms with Crippen LogP contribution in [0.15, 0.2) is 0 Å². The normalized spacial score (nSPS) is 11.1. The van der Waals surface area contributed by atoms with Crippen LogP contribution in [0, 0.1) is 0 Å². The van der Waals surface area contributed by atoms with E-state index < -0.39 is 5.54 Å². The Morgan fingerprint density at radius 3 is 2.31 bits per heavy atom. The van der Waals surface area contributed by atoms with Gasteiger partial charge >= 0.3 is 0 Å². The van der Waals surface area contributed by atoms with Crippen LogP contribution in [0.1, 0.15) is 33.6 Å². The van der Waals surface area contributed by atoms with Crippen LogP contribution in [-0.2, 0) is 9.59 Å². The predicted octanol–water partition coefficient (Wildman–Crippen LogP) is 0.0984. The Balaban J connectivity index is 4.40. The van der Waals surface area contributed by atoms with E-state index in [2.05, 4.69) is 5.32 Å². The highest BCUT2D eigenvalue weighted by Gasteiger charge is 2.22. The molecule has 0 spiro atoms. The fraction of sp³-hybridized carbons (Fsp3) is 0.818. The average Bonchev–Trinajstić information content (AvgIpc) is 2.14. The van der Waals surface area contributed by atoms with E-state index in [-0.39, 0.29) is 24.8 Å². The summed E-state index contributed by atoms with van der Waals surface area (Å²) >= 11 is 0. The van der Waals surface area contributed by atoms with Crippen molar-refractivity contribution >= 4 is 11.8 Å². The first-order valence-electron chi connectivity index (χ1n) is 5.57. The van der Waals surface area contributed by atoms with Crippen molar-refractivity contribution in [2.45, 2.75) is 39.2 Å². The zero-order valence-corrected chi connectivity index (χ0v) is 10.7. The highest BCUT2D eigenvalue weighted by molar-refractivity contribution is 5.85. The summed E-state index contributed by atoms with van der Waals surface area (Å²) in [5, 5.41) is 2.51. The molecule has 0 aliphatic carbocycles. The molecule has 0 aliphatic heterocycles. The molecule has 2 amide bonds. The summed E-state index contributed by atoms with van der Waals surface area (Å²) in [5.41, 5.74) is 5.25. The summed E-state index contributed by atoms with van der Waals surface area (Å²) < 4.78 is 0. The number of rotatable bonds is 6.